The van der Waals surface area contributed by atoms with Gasteiger partial charge in [0.05, 0.1) is 87.3 Å². The van der Waals surface area contributed by atoms with Gasteiger partial charge in [-0.15, -0.1) is 11.8 Å². The van der Waals surface area contributed by atoms with E-state index in [1.807, 2.05) is 15.9 Å². The van der Waals surface area contributed by atoms with Gasteiger partial charge in [0.25, 0.3) is 0 Å². The van der Waals surface area contributed by atoms with Crippen LogP contribution in [0.3, 0.4) is 0 Å². The molecule has 3 fully saturated rings. The Bertz CT molecular complexity index is 2960. The summed E-state index contributed by atoms with van der Waals surface area (Å²) < 4.78 is 52.3. The summed E-state index contributed by atoms with van der Waals surface area (Å²) in [4.78, 5) is 83.6. The lowest BCUT2D eigenvalue weighted by atomic mass is 9.88. The van der Waals surface area contributed by atoms with Crippen molar-refractivity contribution >= 4 is 57.9 Å². The van der Waals surface area contributed by atoms with Crippen molar-refractivity contribution in [1.29, 1.82) is 5.26 Å². The topological polar surface area (TPSA) is 264 Å². The fourth-order valence-electron chi connectivity index (χ4n) is 11.1. The molecule has 1 aromatic carbocycles. The molecule has 8 rings (SSSR count). The van der Waals surface area contributed by atoms with Crippen LogP contribution in [0.1, 0.15) is 73.6 Å². The van der Waals surface area contributed by atoms with Gasteiger partial charge in [0.1, 0.15) is 47.9 Å². The molecule has 0 saturated carbocycles. The first kappa shape index (κ1) is 63.0. The predicted octanol–water partition coefficient (Wildman–Crippen LogP) is 4.80. The number of hydrogen-bond donors (Lipinski definition) is 4. The number of carbonyl (C=O) groups is 5. The van der Waals surface area contributed by atoms with Gasteiger partial charge >= 0.3 is 6.09 Å². The van der Waals surface area contributed by atoms with Crippen molar-refractivity contribution in [2.75, 3.05) is 116 Å². The molecule has 84 heavy (non-hydrogen) atoms. The van der Waals surface area contributed by atoms with E-state index in [-0.39, 0.29) is 98.9 Å². The number of alkyl carbamates (subject to hydrolysis) is 1. The van der Waals surface area contributed by atoms with E-state index in [0.29, 0.717) is 105 Å². The standard InChI is InChI=1S/C59H77F2N13O9S/c1-38-32-44(61)8-5-11-51(75)70(4)36-45-52(42-33-49(55(63)66-35-42)72-19-6-9-47(38)72)50(34-62)74(69-45)23-18-65-59(79)83-31-30-82-29-28-81-27-26-80-25-24-71-21-16-40(17-22-71)53(68-56(77)39(2)64-3)58(78)73-20-7-10-48(73)57-67-46(37-84-57)54(76)41-12-14-43(60)15-13-41/h5,8,12-15,32-33,35,39-40,46-48,53,64H,1,6-7,9-11,16-31,36-37H2,2-4H3,(H2,63,66)(H,65,79)(H,68,77)/b8-5-,44-32+/t39-,46?,47-,48-,53-/m1/s1. The second-order valence-corrected chi connectivity index (χ2v) is 22.4. The first-order valence-corrected chi connectivity index (χ1v) is 29.8. The highest BCUT2D eigenvalue weighted by Gasteiger charge is 2.43. The number of rotatable bonds is 23. The number of aliphatic imine (C=N–C) groups is 1. The maximum atomic E-state index is 14.9. The van der Waals surface area contributed by atoms with Gasteiger partial charge in [0.2, 0.25) is 17.7 Å². The number of benzene rings is 1. The molecule has 3 saturated heterocycles. The maximum absolute atomic E-state index is 14.9. The van der Waals surface area contributed by atoms with Crippen LogP contribution in [0.5, 0.6) is 0 Å². The molecule has 5 aliphatic rings. The number of nitrogens with one attached hydrogen (secondary N) is 3. The molecule has 2 bridgehead atoms. The second-order valence-electron chi connectivity index (χ2n) is 21.4. The number of likely N-dealkylation sites (tertiary alicyclic amines) is 2. The maximum Gasteiger partial charge on any atom is 0.407 e. The molecule has 4 amide bonds. The summed E-state index contributed by atoms with van der Waals surface area (Å²) in [5, 5.41) is 24.7. The van der Waals surface area contributed by atoms with Gasteiger partial charge in [-0.25, -0.2) is 18.6 Å². The Morgan fingerprint density at radius 1 is 0.940 bits per heavy atom. The van der Waals surface area contributed by atoms with Crippen molar-refractivity contribution < 1.29 is 51.7 Å². The number of nitrogens with zero attached hydrogens (tertiary/aromatic N) is 9. The largest absolute Gasteiger partial charge is 0.447 e. The van der Waals surface area contributed by atoms with E-state index in [1.165, 1.54) is 63.8 Å². The number of halogens is 2. The smallest absolute Gasteiger partial charge is 0.407 e. The Hall–Kier alpha value is -7.08. The van der Waals surface area contributed by atoms with Gasteiger partial charge in [-0.1, -0.05) is 12.7 Å². The van der Waals surface area contributed by atoms with Crippen molar-refractivity contribution in [3.63, 3.8) is 0 Å². The van der Waals surface area contributed by atoms with Crippen molar-refractivity contribution in [3.8, 4) is 17.2 Å². The third kappa shape index (κ3) is 16.4. The molecule has 5 N–H and O–H groups in total. The number of thioether (sulfide) groups is 1. The Morgan fingerprint density at radius 3 is 2.37 bits per heavy atom. The number of anilines is 2. The number of Topliss-reactive ketones (excluding diaryl/α,β-unsaturated/α-hetero) is 1. The van der Waals surface area contributed by atoms with Gasteiger partial charge in [0.15, 0.2) is 5.78 Å². The van der Waals surface area contributed by atoms with Crippen LogP contribution in [0.2, 0.25) is 0 Å². The van der Waals surface area contributed by atoms with Gasteiger partial charge in [0, 0.05) is 68.3 Å². The highest BCUT2D eigenvalue weighted by molar-refractivity contribution is 8.14. The van der Waals surface area contributed by atoms with Crippen LogP contribution >= 0.6 is 11.8 Å². The lowest BCUT2D eigenvalue weighted by molar-refractivity contribution is -0.138. The molecule has 1 unspecified atom stereocenters. The molecule has 3 aromatic rings. The minimum Gasteiger partial charge on any atom is -0.447 e. The molecule has 0 radical (unpaired) electrons. The number of amides is 4. The van der Waals surface area contributed by atoms with E-state index in [9.17, 15) is 38.0 Å². The number of likely N-dealkylation sites (N-methyl/N-ethyl adjacent to an activating group) is 1. The Labute approximate surface area is 493 Å². The number of piperidine rings is 1. The third-order valence-electron chi connectivity index (χ3n) is 15.8. The van der Waals surface area contributed by atoms with Crippen LogP contribution in [0.25, 0.3) is 11.1 Å². The van der Waals surface area contributed by atoms with E-state index in [2.05, 4.69) is 38.5 Å². The predicted molar refractivity (Wildman–Crippen MR) is 314 cm³/mol. The molecule has 22 nitrogen and oxygen atoms in total. The quantitative estimate of drug-likeness (QED) is 0.0734. The summed E-state index contributed by atoms with van der Waals surface area (Å²) in [5.74, 6) is -1.14. The number of nitriles is 1. The highest BCUT2D eigenvalue weighted by Crippen LogP contribution is 2.38. The normalized spacial score (nSPS) is 21.4. The highest BCUT2D eigenvalue weighted by atomic mass is 32.2. The third-order valence-corrected chi connectivity index (χ3v) is 16.9. The number of pyridine rings is 1. The zero-order chi connectivity index (χ0) is 59.7. The van der Waals surface area contributed by atoms with E-state index >= 15 is 0 Å². The number of aromatic nitrogens is 3. The van der Waals surface area contributed by atoms with E-state index in [1.54, 1.807) is 27.2 Å². The zero-order valence-electron chi connectivity index (χ0n) is 48.1. The number of ether oxygens (including phenoxy) is 4. The Morgan fingerprint density at radius 2 is 1.64 bits per heavy atom. The second kappa shape index (κ2) is 30.6. The van der Waals surface area contributed by atoms with Crippen LogP contribution in [-0.4, -0.2) is 200 Å². The number of ketones is 1. The molecule has 25 heteroatoms. The minimum atomic E-state index is -0.713. The number of carbonyl (C=O) groups excluding carboxylic acids is 5. The monoisotopic (exact) mass is 1180 g/mol. The average molecular weight is 1180 g/mol. The number of nitrogens with two attached hydrogens (primary N) is 1. The van der Waals surface area contributed by atoms with Crippen LogP contribution < -0.4 is 26.6 Å². The summed E-state index contributed by atoms with van der Waals surface area (Å²) in [5.41, 5.74) is 9.65. The first-order valence-electron chi connectivity index (χ1n) is 28.8. The summed E-state index contributed by atoms with van der Waals surface area (Å²) in [6.07, 6.45) is 9.37. The van der Waals surface area contributed by atoms with Crippen LogP contribution in [-0.2, 0) is 46.4 Å². The average Bonchev–Trinajstić information content (AvgIpc) is 4.06. The van der Waals surface area contributed by atoms with E-state index in [4.69, 9.17) is 34.8 Å². The van der Waals surface area contributed by atoms with Gasteiger partial charge in [-0.2, -0.15) is 10.4 Å². The van der Waals surface area contributed by atoms with Crippen molar-refractivity contribution in [2.45, 2.75) is 95.2 Å². The molecule has 0 aliphatic carbocycles. The molecular formula is C59H77F2N13O9S. The molecule has 0 spiro atoms. The van der Waals surface area contributed by atoms with Gasteiger partial charge in [-0.3, -0.25) is 28.9 Å². The number of allylic oxidation sites excluding steroid dienone is 2. The van der Waals surface area contributed by atoms with Crippen LogP contribution in [0.4, 0.5) is 25.1 Å². The van der Waals surface area contributed by atoms with Gasteiger partial charge in [-0.05, 0) is 120 Å². The summed E-state index contributed by atoms with van der Waals surface area (Å²) >= 11 is 1.48. The molecule has 5 aliphatic heterocycles. The van der Waals surface area contributed by atoms with Crippen molar-refractivity contribution in [3.05, 3.63) is 95.5 Å². The number of nitrogen functional groups attached to an aromatic ring is 1. The SMILES string of the molecule is C=C1/C=C(F)\C=C/CC(=O)N(C)Cc2nn(CCNC(=O)OCCOCCOCCOCCN3CCC([C@@H](NC(=O)[C@@H](C)NC)C(=O)N4CCC[C@@H]4C4=NC(C(=O)c5ccc(F)cc5)CS4)CC3)c(C#N)c2-c2cnc(N)c(c2)N2CCC[C@H]12. The fraction of sp³-hybridized carbons (Fsp3) is 0.542. The molecule has 5 atom stereocenters. The summed E-state index contributed by atoms with van der Waals surface area (Å²) in [7, 11) is 3.31. The summed E-state index contributed by atoms with van der Waals surface area (Å²) in [6.45, 7) is 11.4. The minimum absolute atomic E-state index is 0.0104. The van der Waals surface area contributed by atoms with E-state index in [0.717, 1.165) is 37.4 Å². The molecule has 2 aromatic heterocycles. The molecular weight excluding hydrogens is 1100 g/mol. The first-order chi connectivity index (χ1) is 40.6. The zero-order valence-corrected chi connectivity index (χ0v) is 48.9. The van der Waals surface area contributed by atoms with Crippen LogP contribution in [0, 0.1) is 23.1 Å². The summed E-state index contributed by atoms with van der Waals surface area (Å²) in [6, 6.07) is 7.24. The molecule has 452 valence electrons. The fourth-order valence-corrected chi connectivity index (χ4v) is 12.3. The number of hydrogen-bond acceptors (Lipinski definition) is 18. The van der Waals surface area contributed by atoms with Crippen LogP contribution in [0.15, 0.2) is 77.7 Å². The van der Waals surface area contributed by atoms with Gasteiger partial charge < -0.3 is 60.2 Å². The molecule has 7 heterocycles. The lowest BCUT2D eigenvalue weighted by Crippen LogP contribution is -2.58. The Balaban J connectivity index is 0.716. The lowest BCUT2D eigenvalue weighted by Gasteiger charge is -2.38. The number of fused-ring (bicyclic) bond motifs is 6. The van der Waals surface area contributed by atoms with Crippen molar-refractivity contribution in [2.24, 2.45) is 10.9 Å². The van der Waals surface area contributed by atoms with E-state index < -0.39 is 35.9 Å². The van der Waals surface area contributed by atoms with Crippen molar-refractivity contribution in [1.82, 2.24) is 45.4 Å². The Kier molecular flexibility index (Phi) is 23.0.